The largest absolute Gasteiger partial charge is 0.454 e. The smallest absolute Gasteiger partial charge is 0.338 e. The van der Waals surface area contributed by atoms with Gasteiger partial charge in [-0.1, -0.05) is 6.07 Å². The molecule has 0 heterocycles. The minimum absolute atomic E-state index is 0.0968. The van der Waals surface area contributed by atoms with Gasteiger partial charge in [0.05, 0.1) is 16.0 Å². The van der Waals surface area contributed by atoms with E-state index in [4.69, 9.17) is 4.74 Å². The van der Waals surface area contributed by atoms with E-state index >= 15 is 0 Å². The number of hydrogen-bond acceptors (Lipinski definition) is 5. The second kappa shape index (κ2) is 7.71. The summed E-state index contributed by atoms with van der Waals surface area (Å²) >= 11 is 0. The molecule has 0 aliphatic rings. The third-order valence-electron chi connectivity index (χ3n) is 3.41. The highest BCUT2D eigenvalue weighted by molar-refractivity contribution is 7.89. The number of rotatable bonds is 6. The monoisotopic (exact) mass is 383 g/mol. The molecule has 0 spiro atoms. The predicted octanol–water partition coefficient (Wildman–Crippen LogP) is 2.25. The van der Waals surface area contributed by atoms with Crippen LogP contribution in [0, 0.1) is 11.6 Å². The van der Waals surface area contributed by atoms with Crippen molar-refractivity contribution in [3.63, 3.8) is 0 Å². The van der Waals surface area contributed by atoms with Gasteiger partial charge in [-0.15, -0.1) is 0 Å². The third-order valence-corrected chi connectivity index (χ3v) is 5.22. The Balaban J connectivity index is 2.14. The van der Waals surface area contributed by atoms with E-state index in [1.54, 1.807) is 0 Å². The molecule has 0 amide bonds. The summed E-state index contributed by atoms with van der Waals surface area (Å²) in [5, 5.41) is 0. The molecule has 0 N–H and O–H groups in total. The lowest BCUT2D eigenvalue weighted by atomic mass is 10.1. The molecule has 0 aliphatic carbocycles. The zero-order chi connectivity index (χ0) is 19.5. The van der Waals surface area contributed by atoms with Crippen LogP contribution < -0.4 is 0 Å². The summed E-state index contributed by atoms with van der Waals surface area (Å²) in [5.41, 5.74) is -0.637. The molecule has 2 rings (SSSR count). The molecule has 0 atom stereocenters. The maximum Gasteiger partial charge on any atom is 0.338 e. The molecule has 2 aromatic rings. The fourth-order valence-corrected chi connectivity index (χ4v) is 2.95. The summed E-state index contributed by atoms with van der Waals surface area (Å²) < 4.78 is 56.5. The number of carbonyl (C=O) groups is 2. The number of hydrogen-bond donors (Lipinski definition) is 0. The standard InChI is InChI=1S/C17H15F2NO5S/c1-20(2)26(23,24)13-5-3-4-11(8-13)17(22)25-10-16(21)14-9-12(18)6-7-15(14)19/h3-9H,10H2,1-2H3. The molecule has 0 radical (unpaired) electrons. The average molecular weight is 383 g/mol. The van der Waals surface area contributed by atoms with Gasteiger partial charge >= 0.3 is 5.97 Å². The van der Waals surface area contributed by atoms with E-state index in [1.807, 2.05) is 0 Å². The van der Waals surface area contributed by atoms with Crippen LogP contribution in [0.15, 0.2) is 47.4 Å². The Bertz CT molecular complexity index is 957. The lowest BCUT2D eigenvalue weighted by Gasteiger charge is -2.12. The van der Waals surface area contributed by atoms with E-state index in [1.165, 1.54) is 32.3 Å². The van der Waals surface area contributed by atoms with Crippen LogP contribution >= 0.6 is 0 Å². The van der Waals surface area contributed by atoms with Crippen LogP contribution in [-0.4, -0.2) is 45.2 Å². The molecule has 0 saturated carbocycles. The van der Waals surface area contributed by atoms with E-state index in [0.717, 1.165) is 22.5 Å². The number of carbonyl (C=O) groups excluding carboxylic acids is 2. The van der Waals surface area contributed by atoms with E-state index in [0.29, 0.717) is 6.07 Å². The average Bonchev–Trinajstić information content (AvgIpc) is 2.61. The molecule has 2 aromatic carbocycles. The minimum Gasteiger partial charge on any atom is -0.454 e. The van der Waals surface area contributed by atoms with Crippen molar-refractivity contribution in [1.82, 2.24) is 4.31 Å². The molecule has 0 unspecified atom stereocenters. The third kappa shape index (κ3) is 4.30. The van der Waals surface area contributed by atoms with Gasteiger partial charge in [-0.3, -0.25) is 4.79 Å². The molecule has 9 heteroatoms. The number of Topliss-reactive ketones (excluding diaryl/α,β-unsaturated/α-hetero) is 1. The lowest BCUT2D eigenvalue weighted by Crippen LogP contribution is -2.22. The fourth-order valence-electron chi connectivity index (χ4n) is 2.00. The van der Waals surface area contributed by atoms with Crippen LogP contribution in [0.3, 0.4) is 0 Å². The Hall–Kier alpha value is -2.65. The van der Waals surface area contributed by atoms with Crippen molar-refractivity contribution < 1.29 is 31.5 Å². The van der Waals surface area contributed by atoms with Gasteiger partial charge in [0.25, 0.3) is 0 Å². The van der Waals surface area contributed by atoms with Crippen molar-refractivity contribution in [3.8, 4) is 0 Å². The van der Waals surface area contributed by atoms with E-state index in [9.17, 15) is 26.8 Å². The van der Waals surface area contributed by atoms with E-state index < -0.39 is 45.6 Å². The summed E-state index contributed by atoms with van der Waals surface area (Å²) in [6.07, 6.45) is 0. The van der Waals surface area contributed by atoms with Gasteiger partial charge in [0.1, 0.15) is 11.6 Å². The van der Waals surface area contributed by atoms with Crippen molar-refractivity contribution >= 4 is 21.8 Å². The minimum atomic E-state index is -3.75. The molecule has 0 fully saturated rings. The number of halogens is 2. The van der Waals surface area contributed by atoms with Gasteiger partial charge < -0.3 is 4.74 Å². The highest BCUT2D eigenvalue weighted by Crippen LogP contribution is 2.16. The Kier molecular flexibility index (Phi) is 5.83. The molecule has 0 bridgehead atoms. The maximum atomic E-state index is 13.5. The highest BCUT2D eigenvalue weighted by atomic mass is 32.2. The molecule has 0 aliphatic heterocycles. The zero-order valence-corrected chi connectivity index (χ0v) is 14.7. The van der Waals surface area contributed by atoms with Crippen molar-refractivity contribution in [1.29, 1.82) is 0 Å². The molecule has 6 nitrogen and oxygen atoms in total. The number of ether oxygens (including phenoxy) is 1. The number of esters is 1. The van der Waals surface area contributed by atoms with E-state index in [-0.39, 0.29) is 10.5 Å². The van der Waals surface area contributed by atoms with Crippen molar-refractivity contribution in [2.45, 2.75) is 4.90 Å². The Morgan fingerprint density at radius 2 is 1.77 bits per heavy atom. The molecule has 138 valence electrons. The Morgan fingerprint density at radius 1 is 1.08 bits per heavy atom. The quantitative estimate of drug-likeness (QED) is 0.565. The van der Waals surface area contributed by atoms with Crippen molar-refractivity contribution in [3.05, 3.63) is 65.2 Å². The summed E-state index contributed by atoms with van der Waals surface area (Å²) in [4.78, 5) is 23.8. The Morgan fingerprint density at radius 3 is 2.42 bits per heavy atom. The molecule has 0 saturated heterocycles. The molecule has 26 heavy (non-hydrogen) atoms. The predicted molar refractivity (Wildman–Crippen MR) is 88.3 cm³/mol. The summed E-state index contributed by atoms with van der Waals surface area (Å²) in [6.45, 7) is -0.816. The number of ketones is 1. The van der Waals surface area contributed by atoms with Gasteiger partial charge in [0, 0.05) is 14.1 Å². The second-order valence-corrected chi connectivity index (χ2v) is 7.59. The summed E-state index contributed by atoms with van der Waals surface area (Å²) in [5.74, 6) is -3.63. The van der Waals surface area contributed by atoms with Crippen LogP contribution in [0.5, 0.6) is 0 Å². The SMILES string of the molecule is CN(C)S(=O)(=O)c1cccc(C(=O)OCC(=O)c2cc(F)ccc2F)c1. The Labute approximate surface area is 149 Å². The first-order valence-corrected chi connectivity index (χ1v) is 8.75. The van der Waals surface area contributed by atoms with Gasteiger partial charge in [0.15, 0.2) is 6.61 Å². The van der Waals surface area contributed by atoms with Crippen LogP contribution in [0.2, 0.25) is 0 Å². The summed E-state index contributed by atoms with van der Waals surface area (Å²) in [6, 6.07) is 7.42. The van der Waals surface area contributed by atoms with Gasteiger partial charge in [-0.2, -0.15) is 0 Å². The van der Waals surface area contributed by atoms with Gasteiger partial charge in [0.2, 0.25) is 15.8 Å². The van der Waals surface area contributed by atoms with Gasteiger partial charge in [-0.25, -0.2) is 26.3 Å². The normalized spacial score (nSPS) is 11.4. The molecule has 0 aromatic heterocycles. The topological polar surface area (TPSA) is 80.8 Å². The van der Waals surface area contributed by atoms with Gasteiger partial charge in [-0.05, 0) is 36.4 Å². The second-order valence-electron chi connectivity index (χ2n) is 5.44. The first kappa shape index (κ1) is 19.7. The van der Waals surface area contributed by atoms with Crippen LogP contribution in [0.1, 0.15) is 20.7 Å². The number of nitrogens with zero attached hydrogens (tertiary/aromatic N) is 1. The zero-order valence-electron chi connectivity index (χ0n) is 13.9. The van der Waals surface area contributed by atoms with Crippen LogP contribution in [0.4, 0.5) is 8.78 Å². The lowest BCUT2D eigenvalue weighted by molar-refractivity contribution is 0.0473. The van der Waals surface area contributed by atoms with Crippen molar-refractivity contribution in [2.75, 3.05) is 20.7 Å². The maximum absolute atomic E-state index is 13.5. The summed E-state index contributed by atoms with van der Waals surface area (Å²) in [7, 11) is -1.07. The molecular weight excluding hydrogens is 368 g/mol. The number of benzene rings is 2. The highest BCUT2D eigenvalue weighted by Gasteiger charge is 2.20. The molecular formula is C17H15F2NO5S. The first-order valence-electron chi connectivity index (χ1n) is 7.31. The van der Waals surface area contributed by atoms with Crippen LogP contribution in [-0.2, 0) is 14.8 Å². The van der Waals surface area contributed by atoms with Crippen LogP contribution in [0.25, 0.3) is 0 Å². The number of sulfonamides is 1. The van der Waals surface area contributed by atoms with E-state index in [2.05, 4.69) is 0 Å². The fraction of sp³-hybridized carbons (Fsp3) is 0.176. The van der Waals surface area contributed by atoms with Crippen molar-refractivity contribution in [2.24, 2.45) is 0 Å². The first-order chi connectivity index (χ1) is 12.1.